The molecule has 2 rings (SSSR count). The number of likely N-dealkylation sites (N-methyl/N-ethyl adjacent to an activating group) is 1. The van der Waals surface area contributed by atoms with E-state index in [1.165, 1.54) is 19.1 Å². The molecule has 1 amide bonds. The normalized spacial score (nSPS) is 11.5. The third kappa shape index (κ3) is 4.29. The number of ether oxygens (including phenoxy) is 3. The number of halogens is 1. The van der Waals surface area contributed by atoms with Gasteiger partial charge in [0.05, 0.1) is 14.2 Å². The Morgan fingerprint density at radius 3 is 2.04 bits per heavy atom. The molecule has 1 atom stereocenters. The SMILES string of the molecule is COc1cc(OC)cc(OC(Cl)C(=O)N(C)c2ccccc2)c1. The lowest BCUT2D eigenvalue weighted by molar-refractivity contribution is -0.121. The fraction of sp³-hybridized carbons (Fsp3) is 0.235. The highest BCUT2D eigenvalue weighted by molar-refractivity contribution is 6.31. The number of rotatable bonds is 6. The van der Waals surface area contributed by atoms with Crippen molar-refractivity contribution < 1.29 is 19.0 Å². The Kier molecular flexibility index (Phi) is 5.71. The van der Waals surface area contributed by atoms with Gasteiger partial charge in [0.2, 0.25) is 0 Å². The van der Waals surface area contributed by atoms with E-state index in [-0.39, 0.29) is 5.91 Å². The van der Waals surface area contributed by atoms with Crippen LogP contribution in [0, 0.1) is 0 Å². The molecular formula is C17H18ClNO4. The minimum absolute atomic E-state index is 0.375. The number of benzene rings is 2. The van der Waals surface area contributed by atoms with Gasteiger partial charge in [0.1, 0.15) is 17.2 Å². The van der Waals surface area contributed by atoms with Gasteiger partial charge in [-0.2, -0.15) is 0 Å². The van der Waals surface area contributed by atoms with E-state index in [0.29, 0.717) is 17.2 Å². The number of nitrogens with zero attached hydrogens (tertiary/aromatic N) is 1. The molecular weight excluding hydrogens is 318 g/mol. The van der Waals surface area contributed by atoms with E-state index in [1.807, 2.05) is 30.3 Å². The number of methoxy groups -OCH3 is 2. The van der Waals surface area contributed by atoms with Gasteiger partial charge >= 0.3 is 0 Å². The lowest BCUT2D eigenvalue weighted by atomic mass is 10.3. The maximum Gasteiger partial charge on any atom is 0.283 e. The number of carbonyl (C=O) groups is 1. The molecule has 0 spiro atoms. The van der Waals surface area contributed by atoms with Crippen LogP contribution < -0.4 is 19.1 Å². The summed E-state index contributed by atoms with van der Waals surface area (Å²) in [5.41, 5.74) is -0.438. The molecule has 122 valence electrons. The highest BCUT2D eigenvalue weighted by Gasteiger charge is 2.23. The average Bonchev–Trinajstić information content (AvgIpc) is 2.60. The van der Waals surface area contributed by atoms with Crippen LogP contribution in [0.3, 0.4) is 0 Å². The Labute approximate surface area is 140 Å². The van der Waals surface area contributed by atoms with E-state index in [4.69, 9.17) is 25.8 Å². The van der Waals surface area contributed by atoms with E-state index in [9.17, 15) is 4.79 Å². The predicted octanol–water partition coefficient (Wildman–Crippen LogP) is 3.31. The van der Waals surface area contributed by atoms with Crippen molar-refractivity contribution in [3.63, 3.8) is 0 Å². The number of hydrogen-bond donors (Lipinski definition) is 0. The van der Waals surface area contributed by atoms with Gasteiger partial charge in [-0.25, -0.2) is 0 Å². The van der Waals surface area contributed by atoms with Crippen LogP contribution in [-0.2, 0) is 4.79 Å². The standard InChI is InChI=1S/C17H18ClNO4/c1-19(12-7-5-4-6-8-12)17(20)16(18)23-15-10-13(21-2)9-14(11-15)22-3/h4-11,16H,1-3H3. The maximum atomic E-state index is 12.4. The molecule has 2 aromatic rings. The Balaban J connectivity index is 2.12. The first kappa shape index (κ1) is 17.0. The summed E-state index contributed by atoms with van der Waals surface area (Å²) in [5, 5.41) is 0. The lowest BCUT2D eigenvalue weighted by Gasteiger charge is -2.21. The molecule has 0 heterocycles. The molecule has 23 heavy (non-hydrogen) atoms. The molecule has 1 unspecified atom stereocenters. The summed E-state index contributed by atoms with van der Waals surface area (Å²) in [6.45, 7) is 0. The quantitative estimate of drug-likeness (QED) is 0.760. The summed E-state index contributed by atoms with van der Waals surface area (Å²) >= 11 is 6.11. The Morgan fingerprint density at radius 1 is 1.00 bits per heavy atom. The van der Waals surface area contributed by atoms with E-state index in [0.717, 1.165) is 5.69 Å². The Morgan fingerprint density at radius 2 is 1.52 bits per heavy atom. The van der Waals surface area contributed by atoms with Gasteiger partial charge in [-0.3, -0.25) is 4.79 Å². The van der Waals surface area contributed by atoms with Gasteiger partial charge in [-0.1, -0.05) is 29.8 Å². The van der Waals surface area contributed by atoms with E-state index >= 15 is 0 Å². The van der Waals surface area contributed by atoms with Crippen molar-refractivity contribution >= 4 is 23.2 Å². The largest absolute Gasteiger partial charge is 0.496 e. The molecule has 6 heteroatoms. The summed E-state index contributed by atoms with van der Waals surface area (Å²) in [7, 11) is 4.71. The number of carbonyl (C=O) groups excluding carboxylic acids is 1. The fourth-order valence-electron chi connectivity index (χ4n) is 1.95. The first-order valence-corrected chi connectivity index (χ1v) is 7.35. The van der Waals surface area contributed by atoms with Gasteiger partial charge in [0.15, 0.2) is 0 Å². The molecule has 0 aliphatic carbocycles. The number of para-hydroxylation sites is 1. The number of alkyl halides is 1. The van der Waals surface area contributed by atoms with Crippen molar-refractivity contribution in [2.75, 3.05) is 26.2 Å². The first-order valence-electron chi connectivity index (χ1n) is 6.91. The third-order valence-electron chi connectivity index (χ3n) is 3.23. The molecule has 0 fully saturated rings. The molecule has 0 radical (unpaired) electrons. The second kappa shape index (κ2) is 7.74. The molecule has 0 saturated carbocycles. The van der Waals surface area contributed by atoms with Gasteiger partial charge in [-0.05, 0) is 12.1 Å². The van der Waals surface area contributed by atoms with Crippen LogP contribution in [0.1, 0.15) is 0 Å². The van der Waals surface area contributed by atoms with Crippen LogP contribution in [0.25, 0.3) is 0 Å². The predicted molar refractivity (Wildman–Crippen MR) is 89.7 cm³/mol. The molecule has 2 aromatic carbocycles. The van der Waals surface area contributed by atoms with E-state index in [2.05, 4.69) is 0 Å². The summed E-state index contributed by atoms with van der Waals surface area (Å²) in [6.07, 6.45) is 0. The van der Waals surface area contributed by atoms with Crippen molar-refractivity contribution in [3.8, 4) is 17.2 Å². The van der Waals surface area contributed by atoms with Gasteiger partial charge in [-0.15, -0.1) is 0 Å². The van der Waals surface area contributed by atoms with Crippen molar-refractivity contribution in [1.82, 2.24) is 0 Å². The van der Waals surface area contributed by atoms with Crippen molar-refractivity contribution in [2.45, 2.75) is 5.56 Å². The highest BCUT2D eigenvalue weighted by Crippen LogP contribution is 2.29. The molecule has 0 N–H and O–H groups in total. The zero-order valence-electron chi connectivity index (χ0n) is 13.2. The zero-order chi connectivity index (χ0) is 16.8. The van der Waals surface area contributed by atoms with Crippen LogP contribution in [0.15, 0.2) is 48.5 Å². The smallest absolute Gasteiger partial charge is 0.283 e. The number of amides is 1. The molecule has 0 aliphatic heterocycles. The topological polar surface area (TPSA) is 48.0 Å². The van der Waals surface area contributed by atoms with Crippen molar-refractivity contribution in [2.24, 2.45) is 0 Å². The third-order valence-corrected chi connectivity index (χ3v) is 3.51. The van der Waals surface area contributed by atoms with Gasteiger partial charge in [0, 0.05) is 30.9 Å². The molecule has 0 aromatic heterocycles. The Hall–Kier alpha value is -2.40. The van der Waals surface area contributed by atoms with Gasteiger partial charge < -0.3 is 19.1 Å². The highest BCUT2D eigenvalue weighted by atomic mass is 35.5. The monoisotopic (exact) mass is 335 g/mol. The van der Waals surface area contributed by atoms with Crippen LogP contribution in [-0.4, -0.2) is 32.7 Å². The minimum atomic E-state index is -1.17. The Bertz CT molecular complexity index is 641. The zero-order valence-corrected chi connectivity index (χ0v) is 13.9. The summed E-state index contributed by atoms with van der Waals surface area (Å²) in [6, 6.07) is 14.2. The molecule has 5 nitrogen and oxygen atoms in total. The number of hydrogen-bond acceptors (Lipinski definition) is 4. The fourth-order valence-corrected chi connectivity index (χ4v) is 2.20. The lowest BCUT2D eigenvalue weighted by Crippen LogP contribution is -2.36. The molecule has 0 aliphatic rings. The molecule has 0 saturated heterocycles. The van der Waals surface area contributed by atoms with Crippen molar-refractivity contribution in [1.29, 1.82) is 0 Å². The second-order valence-corrected chi connectivity index (χ2v) is 5.11. The first-order chi connectivity index (χ1) is 11.0. The van der Waals surface area contributed by atoms with Crippen molar-refractivity contribution in [3.05, 3.63) is 48.5 Å². The summed E-state index contributed by atoms with van der Waals surface area (Å²) in [4.78, 5) is 13.8. The summed E-state index contributed by atoms with van der Waals surface area (Å²) in [5.74, 6) is 1.11. The van der Waals surface area contributed by atoms with E-state index in [1.54, 1.807) is 25.2 Å². The van der Waals surface area contributed by atoms with Crippen LogP contribution >= 0.6 is 11.6 Å². The van der Waals surface area contributed by atoms with Crippen LogP contribution in [0.5, 0.6) is 17.2 Å². The minimum Gasteiger partial charge on any atom is -0.496 e. The summed E-state index contributed by atoms with van der Waals surface area (Å²) < 4.78 is 15.8. The maximum absolute atomic E-state index is 12.4. The average molecular weight is 336 g/mol. The van der Waals surface area contributed by atoms with Gasteiger partial charge in [0.25, 0.3) is 11.5 Å². The second-order valence-electron chi connectivity index (χ2n) is 4.72. The van der Waals surface area contributed by atoms with Crippen LogP contribution in [0.2, 0.25) is 0 Å². The molecule has 0 bridgehead atoms. The van der Waals surface area contributed by atoms with Crippen LogP contribution in [0.4, 0.5) is 5.69 Å². The van der Waals surface area contributed by atoms with E-state index < -0.39 is 5.56 Å². The number of anilines is 1.